The van der Waals surface area contributed by atoms with Crippen LogP contribution in [0.25, 0.3) is 0 Å². The molecular formula is C15H28O7P2S. The lowest BCUT2D eigenvalue weighted by Crippen LogP contribution is -1.89. The minimum Gasteiger partial charge on any atom is -0.302 e. The number of allylic oxidation sites excluding steroid dienone is 5. The monoisotopic (exact) mass is 414 g/mol. The standard InChI is InChI=1S/C15H28O7P2S/c1-13(2)7-5-8-14(3)9-6-10-15(4)11-12-25-22-24(19,20)21-23(16,17)18/h7,9,11H,5-6,8,10,12H2,1-4H3,(H,19,20)(H2,16,17,18). The molecule has 25 heavy (non-hydrogen) atoms. The maximum atomic E-state index is 11.2. The van der Waals surface area contributed by atoms with Gasteiger partial charge in [-0.15, -0.1) is 0 Å². The largest absolute Gasteiger partial charge is 0.492 e. The van der Waals surface area contributed by atoms with Crippen LogP contribution < -0.4 is 0 Å². The third-order valence-corrected chi connectivity index (χ3v) is 6.13. The smallest absolute Gasteiger partial charge is 0.302 e. The quantitative estimate of drug-likeness (QED) is 0.171. The fourth-order valence-corrected chi connectivity index (χ4v) is 4.32. The second-order valence-corrected chi connectivity index (χ2v) is 9.60. The molecule has 0 aliphatic heterocycles. The molecule has 0 spiro atoms. The molecule has 1 unspecified atom stereocenters. The van der Waals surface area contributed by atoms with Gasteiger partial charge in [-0.2, -0.15) is 4.31 Å². The van der Waals surface area contributed by atoms with Crippen molar-refractivity contribution in [3.63, 3.8) is 0 Å². The Morgan fingerprint density at radius 3 is 1.96 bits per heavy atom. The van der Waals surface area contributed by atoms with Gasteiger partial charge >= 0.3 is 15.6 Å². The molecule has 0 saturated heterocycles. The first-order valence-corrected chi connectivity index (χ1v) is 11.7. The van der Waals surface area contributed by atoms with Crippen LogP contribution in [0.1, 0.15) is 53.4 Å². The van der Waals surface area contributed by atoms with Gasteiger partial charge in [-0.1, -0.05) is 34.9 Å². The van der Waals surface area contributed by atoms with Crippen molar-refractivity contribution < 1.29 is 32.1 Å². The second kappa shape index (κ2) is 12.3. The van der Waals surface area contributed by atoms with Crippen LogP contribution in [0.4, 0.5) is 0 Å². The highest BCUT2D eigenvalue weighted by atomic mass is 32.2. The van der Waals surface area contributed by atoms with Crippen LogP contribution in [0, 0.1) is 0 Å². The van der Waals surface area contributed by atoms with Crippen molar-refractivity contribution in [1.82, 2.24) is 0 Å². The first kappa shape index (κ1) is 24.8. The topological polar surface area (TPSA) is 113 Å². The Kier molecular flexibility index (Phi) is 12.2. The molecule has 0 fully saturated rings. The lowest BCUT2D eigenvalue weighted by atomic mass is 10.1. The third-order valence-electron chi connectivity index (χ3n) is 2.98. The normalized spacial score (nSPS) is 15.8. The Hall–Kier alpha value is -0.170. The van der Waals surface area contributed by atoms with Gasteiger partial charge in [-0.3, -0.25) is 0 Å². The molecule has 3 N–H and O–H groups in total. The first-order valence-electron chi connectivity index (χ1n) is 7.77. The second-order valence-electron chi connectivity index (χ2n) is 5.86. The fraction of sp³-hybridized carbons (Fsp3) is 0.600. The van der Waals surface area contributed by atoms with E-state index < -0.39 is 15.6 Å². The number of hydrogen-bond donors (Lipinski definition) is 3. The Bertz CT molecular complexity index is 589. The molecule has 0 bridgehead atoms. The molecule has 0 aliphatic rings. The van der Waals surface area contributed by atoms with Crippen LogP contribution in [0.15, 0.2) is 34.9 Å². The molecule has 0 rings (SSSR count). The van der Waals surface area contributed by atoms with E-state index in [1.807, 2.05) is 13.0 Å². The van der Waals surface area contributed by atoms with Crippen molar-refractivity contribution in [1.29, 1.82) is 0 Å². The fourth-order valence-electron chi connectivity index (χ4n) is 1.76. The molecule has 7 nitrogen and oxygen atoms in total. The Labute approximate surface area is 154 Å². The summed E-state index contributed by atoms with van der Waals surface area (Å²) in [6, 6.07) is 0. The lowest BCUT2D eigenvalue weighted by molar-refractivity contribution is 0.236. The summed E-state index contributed by atoms with van der Waals surface area (Å²) in [5.41, 5.74) is 3.76. The molecule has 10 heteroatoms. The van der Waals surface area contributed by atoms with Gasteiger partial charge in [0, 0.05) is 17.8 Å². The molecule has 0 aliphatic carbocycles. The van der Waals surface area contributed by atoms with Gasteiger partial charge in [0.2, 0.25) is 0 Å². The molecule has 1 atom stereocenters. The van der Waals surface area contributed by atoms with Crippen LogP contribution in [0.2, 0.25) is 0 Å². The molecule has 0 aromatic rings. The van der Waals surface area contributed by atoms with Crippen molar-refractivity contribution in [3.8, 4) is 0 Å². The molecule has 0 saturated carbocycles. The molecular weight excluding hydrogens is 386 g/mol. The highest BCUT2D eigenvalue weighted by Gasteiger charge is 2.32. The molecule has 146 valence electrons. The van der Waals surface area contributed by atoms with E-state index >= 15 is 0 Å². The molecule has 0 aromatic carbocycles. The summed E-state index contributed by atoms with van der Waals surface area (Å²) in [7, 11) is -9.84. The van der Waals surface area contributed by atoms with Crippen LogP contribution in [0.5, 0.6) is 0 Å². The van der Waals surface area contributed by atoms with Crippen molar-refractivity contribution >= 4 is 27.7 Å². The third kappa shape index (κ3) is 17.0. The Morgan fingerprint density at radius 1 is 0.920 bits per heavy atom. The Morgan fingerprint density at radius 2 is 1.44 bits per heavy atom. The summed E-state index contributed by atoms with van der Waals surface area (Å²) < 4.78 is 29.8. The van der Waals surface area contributed by atoms with Gasteiger partial charge in [-0.25, -0.2) is 13.1 Å². The number of phosphoric acid groups is 2. The van der Waals surface area contributed by atoms with Crippen molar-refractivity contribution in [2.24, 2.45) is 0 Å². The van der Waals surface area contributed by atoms with E-state index in [1.54, 1.807) is 0 Å². The summed E-state index contributed by atoms with van der Waals surface area (Å²) in [4.78, 5) is 26.0. The van der Waals surface area contributed by atoms with Crippen LogP contribution in [0.3, 0.4) is 0 Å². The van der Waals surface area contributed by atoms with E-state index in [9.17, 15) is 9.13 Å². The molecule has 0 aromatic heterocycles. The van der Waals surface area contributed by atoms with Gasteiger partial charge in [-0.05, 0) is 53.4 Å². The van der Waals surface area contributed by atoms with Crippen molar-refractivity contribution in [2.75, 3.05) is 5.75 Å². The minimum atomic E-state index is -5.07. The maximum absolute atomic E-state index is 11.2. The Balaban J connectivity index is 4.08. The SMILES string of the molecule is CC(C)=CCCC(C)=CCCC(C)=CCSOP(=O)(O)OP(=O)(O)O. The average Bonchev–Trinajstić information content (AvgIpc) is 2.40. The summed E-state index contributed by atoms with van der Waals surface area (Å²) in [5.74, 6) is 0.268. The average molecular weight is 414 g/mol. The van der Waals surface area contributed by atoms with E-state index in [0.29, 0.717) is 12.0 Å². The van der Waals surface area contributed by atoms with Gasteiger partial charge in [0.25, 0.3) is 0 Å². The van der Waals surface area contributed by atoms with Crippen LogP contribution >= 0.6 is 27.7 Å². The van der Waals surface area contributed by atoms with E-state index in [0.717, 1.165) is 31.3 Å². The van der Waals surface area contributed by atoms with Crippen molar-refractivity contribution in [2.45, 2.75) is 53.4 Å². The van der Waals surface area contributed by atoms with Crippen LogP contribution in [-0.4, -0.2) is 20.4 Å². The van der Waals surface area contributed by atoms with E-state index in [2.05, 4.69) is 41.2 Å². The zero-order chi connectivity index (χ0) is 19.5. The predicted molar refractivity (Wildman–Crippen MR) is 102 cm³/mol. The predicted octanol–water partition coefficient (Wildman–Crippen LogP) is 5.28. The minimum absolute atomic E-state index is 0.268. The highest BCUT2D eigenvalue weighted by molar-refractivity contribution is 7.98. The zero-order valence-electron chi connectivity index (χ0n) is 15.0. The first-order chi connectivity index (χ1) is 11.4. The van der Waals surface area contributed by atoms with E-state index in [-0.39, 0.29) is 5.75 Å². The molecule has 0 heterocycles. The summed E-state index contributed by atoms with van der Waals surface area (Å²) in [6.07, 6.45) is 10.1. The van der Waals surface area contributed by atoms with Crippen LogP contribution in [-0.2, 0) is 17.4 Å². The summed E-state index contributed by atoms with van der Waals surface area (Å²) >= 11 is 0.603. The molecule has 0 radical (unpaired) electrons. The highest BCUT2D eigenvalue weighted by Crippen LogP contribution is 2.59. The van der Waals surface area contributed by atoms with E-state index in [1.165, 1.54) is 11.1 Å². The maximum Gasteiger partial charge on any atom is 0.492 e. The van der Waals surface area contributed by atoms with Gasteiger partial charge in [0.15, 0.2) is 0 Å². The van der Waals surface area contributed by atoms with Gasteiger partial charge in [0.05, 0.1) is 0 Å². The number of hydrogen-bond acceptors (Lipinski definition) is 5. The van der Waals surface area contributed by atoms with Gasteiger partial charge < -0.3 is 14.7 Å². The zero-order valence-corrected chi connectivity index (χ0v) is 17.7. The van der Waals surface area contributed by atoms with Gasteiger partial charge in [0.1, 0.15) is 0 Å². The lowest BCUT2D eigenvalue weighted by Gasteiger charge is -2.10. The van der Waals surface area contributed by atoms with Crippen molar-refractivity contribution in [3.05, 3.63) is 34.9 Å². The number of rotatable bonds is 12. The summed E-state index contributed by atoms with van der Waals surface area (Å²) in [6.45, 7) is 8.23. The summed E-state index contributed by atoms with van der Waals surface area (Å²) in [5, 5.41) is 0. The molecule has 0 amide bonds. The van der Waals surface area contributed by atoms with E-state index in [4.69, 9.17) is 14.7 Å².